The standard InChI is InChI=1S/C11H19NOS/c1-4-11(3,13)8-12-7-10-9(2)5-6-14-10/h5-6,12-13H,4,7-8H2,1-3H3. The second-order valence-corrected chi connectivity index (χ2v) is 4.98. The van der Waals surface area contributed by atoms with Gasteiger partial charge >= 0.3 is 0 Å². The van der Waals surface area contributed by atoms with Gasteiger partial charge in [-0.2, -0.15) is 0 Å². The molecule has 0 aromatic carbocycles. The highest BCUT2D eigenvalue weighted by molar-refractivity contribution is 7.10. The van der Waals surface area contributed by atoms with Gasteiger partial charge in [0.2, 0.25) is 0 Å². The Hall–Kier alpha value is -0.380. The van der Waals surface area contributed by atoms with Crippen molar-refractivity contribution in [2.75, 3.05) is 6.54 Å². The summed E-state index contributed by atoms with van der Waals surface area (Å²) in [6.45, 7) is 7.49. The summed E-state index contributed by atoms with van der Waals surface area (Å²) in [7, 11) is 0. The topological polar surface area (TPSA) is 32.3 Å². The summed E-state index contributed by atoms with van der Waals surface area (Å²) in [5.41, 5.74) is 0.754. The lowest BCUT2D eigenvalue weighted by atomic mass is 10.0. The molecular formula is C11H19NOS. The van der Waals surface area contributed by atoms with E-state index in [4.69, 9.17) is 0 Å². The van der Waals surface area contributed by atoms with Gasteiger partial charge in [-0.25, -0.2) is 0 Å². The van der Waals surface area contributed by atoms with Gasteiger partial charge in [0.15, 0.2) is 0 Å². The van der Waals surface area contributed by atoms with E-state index in [2.05, 4.69) is 23.7 Å². The molecule has 1 unspecified atom stereocenters. The number of hydrogen-bond acceptors (Lipinski definition) is 3. The van der Waals surface area contributed by atoms with Gasteiger partial charge in [-0.15, -0.1) is 11.3 Å². The largest absolute Gasteiger partial charge is 0.389 e. The van der Waals surface area contributed by atoms with Crippen molar-refractivity contribution in [3.05, 3.63) is 21.9 Å². The van der Waals surface area contributed by atoms with Crippen LogP contribution in [0.3, 0.4) is 0 Å². The summed E-state index contributed by atoms with van der Waals surface area (Å²) in [6, 6.07) is 2.12. The van der Waals surface area contributed by atoms with Crippen molar-refractivity contribution < 1.29 is 5.11 Å². The number of hydrogen-bond donors (Lipinski definition) is 2. The van der Waals surface area contributed by atoms with Gasteiger partial charge in [-0.3, -0.25) is 0 Å². The molecule has 14 heavy (non-hydrogen) atoms. The minimum Gasteiger partial charge on any atom is -0.389 e. The van der Waals surface area contributed by atoms with Crippen LogP contribution in [-0.4, -0.2) is 17.3 Å². The van der Waals surface area contributed by atoms with Crippen LogP contribution in [-0.2, 0) is 6.54 Å². The molecule has 0 saturated carbocycles. The highest BCUT2D eigenvalue weighted by atomic mass is 32.1. The summed E-state index contributed by atoms with van der Waals surface area (Å²) < 4.78 is 0. The Balaban J connectivity index is 2.32. The van der Waals surface area contributed by atoms with E-state index in [0.29, 0.717) is 6.54 Å². The molecule has 1 aromatic rings. The minimum absolute atomic E-state index is 0.578. The monoisotopic (exact) mass is 213 g/mol. The lowest BCUT2D eigenvalue weighted by Crippen LogP contribution is -2.36. The predicted octanol–water partition coefficient (Wildman–Crippen LogP) is 2.31. The highest BCUT2D eigenvalue weighted by Gasteiger charge is 2.16. The van der Waals surface area contributed by atoms with Crippen molar-refractivity contribution in [1.82, 2.24) is 5.32 Å². The van der Waals surface area contributed by atoms with Gasteiger partial charge in [0, 0.05) is 18.0 Å². The first-order valence-electron chi connectivity index (χ1n) is 5.01. The van der Waals surface area contributed by atoms with E-state index in [1.54, 1.807) is 11.3 Å². The van der Waals surface area contributed by atoms with E-state index < -0.39 is 5.60 Å². The number of rotatable bonds is 5. The molecule has 0 radical (unpaired) electrons. The van der Waals surface area contributed by atoms with E-state index >= 15 is 0 Å². The first kappa shape index (κ1) is 11.7. The van der Waals surface area contributed by atoms with E-state index in [1.165, 1.54) is 10.4 Å². The van der Waals surface area contributed by atoms with Crippen LogP contribution in [0.4, 0.5) is 0 Å². The molecule has 0 amide bonds. The third kappa shape index (κ3) is 3.40. The van der Waals surface area contributed by atoms with Crippen molar-refractivity contribution in [1.29, 1.82) is 0 Å². The van der Waals surface area contributed by atoms with Crippen LogP contribution in [0.15, 0.2) is 11.4 Å². The van der Waals surface area contributed by atoms with Crippen molar-refractivity contribution in [3.63, 3.8) is 0 Å². The van der Waals surface area contributed by atoms with Crippen molar-refractivity contribution in [3.8, 4) is 0 Å². The maximum atomic E-state index is 9.76. The minimum atomic E-state index is -0.578. The Morgan fingerprint density at radius 3 is 2.79 bits per heavy atom. The molecule has 0 aliphatic rings. The van der Waals surface area contributed by atoms with E-state index in [9.17, 15) is 5.11 Å². The second-order valence-electron chi connectivity index (χ2n) is 3.98. The molecule has 0 saturated heterocycles. The number of nitrogens with one attached hydrogen (secondary N) is 1. The van der Waals surface area contributed by atoms with Crippen LogP contribution >= 0.6 is 11.3 Å². The fourth-order valence-corrected chi connectivity index (χ4v) is 2.03. The normalized spacial score (nSPS) is 15.4. The van der Waals surface area contributed by atoms with Gasteiger partial charge in [0.05, 0.1) is 5.60 Å². The lowest BCUT2D eigenvalue weighted by Gasteiger charge is -2.21. The molecule has 1 atom stereocenters. The summed E-state index contributed by atoms with van der Waals surface area (Å²) in [4.78, 5) is 1.36. The van der Waals surface area contributed by atoms with Crippen LogP contribution < -0.4 is 5.32 Å². The van der Waals surface area contributed by atoms with Crippen LogP contribution in [0.2, 0.25) is 0 Å². The van der Waals surface area contributed by atoms with Crippen LogP contribution in [0, 0.1) is 6.92 Å². The lowest BCUT2D eigenvalue weighted by molar-refractivity contribution is 0.0556. The Bertz CT molecular complexity index is 281. The smallest absolute Gasteiger partial charge is 0.0741 e. The molecule has 0 aliphatic heterocycles. The molecular weight excluding hydrogens is 194 g/mol. The second kappa shape index (κ2) is 4.91. The first-order chi connectivity index (χ1) is 6.55. The van der Waals surface area contributed by atoms with Gasteiger partial charge in [0.1, 0.15) is 0 Å². The quantitative estimate of drug-likeness (QED) is 0.786. The summed E-state index contributed by atoms with van der Waals surface area (Å²) in [5.74, 6) is 0. The van der Waals surface area contributed by atoms with Crippen LogP contribution in [0.1, 0.15) is 30.7 Å². The molecule has 0 fully saturated rings. The zero-order valence-corrected chi connectivity index (χ0v) is 9.95. The number of aliphatic hydroxyl groups is 1. The van der Waals surface area contributed by atoms with Gasteiger partial charge in [-0.05, 0) is 37.3 Å². The fourth-order valence-electron chi connectivity index (χ4n) is 1.16. The maximum Gasteiger partial charge on any atom is 0.0741 e. The number of aryl methyl sites for hydroxylation is 1. The Morgan fingerprint density at radius 2 is 2.29 bits per heavy atom. The van der Waals surface area contributed by atoms with Crippen LogP contribution in [0.25, 0.3) is 0 Å². The van der Waals surface area contributed by atoms with Crippen molar-refractivity contribution in [2.45, 2.75) is 39.3 Å². The first-order valence-corrected chi connectivity index (χ1v) is 5.89. The van der Waals surface area contributed by atoms with Gasteiger partial charge < -0.3 is 10.4 Å². The zero-order chi connectivity index (χ0) is 10.6. The molecule has 2 N–H and O–H groups in total. The van der Waals surface area contributed by atoms with Crippen molar-refractivity contribution in [2.24, 2.45) is 0 Å². The molecule has 1 rings (SSSR count). The van der Waals surface area contributed by atoms with E-state index in [1.807, 2.05) is 13.8 Å². The van der Waals surface area contributed by atoms with Gasteiger partial charge in [0.25, 0.3) is 0 Å². The molecule has 0 aliphatic carbocycles. The third-order valence-electron chi connectivity index (χ3n) is 2.52. The summed E-state index contributed by atoms with van der Waals surface area (Å²) in [6.07, 6.45) is 0.781. The average Bonchev–Trinajstić information content (AvgIpc) is 2.52. The fraction of sp³-hybridized carbons (Fsp3) is 0.636. The predicted molar refractivity (Wildman–Crippen MR) is 61.7 cm³/mol. The Morgan fingerprint density at radius 1 is 1.57 bits per heavy atom. The van der Waals surface area contributed by atoms with Crippen LogP contribution in [0.5, 0.6) is 0 Å². The molecule has 3 heteroatoms. The maximum absolute atomic E-state index is 9.76. The summed E-state index contributed by atoms with van der Waals surface area (Å²) >= 11 is 1.76. The van der Waals surface area contributed by atoms with Gasteiger partial charge in [-0.1, -0.05) is 6.92 Å². The average molecular weight is 213 g/mol. The molecule has 0 spiro atoms. The highest BCUT2D eigenvalue weighted by Crippen LogP contribution is 2.15. The number of thiophene rings is 1. The molecule has 80 valence electrons. The third-order valence-corrected chi connectivity index (χ3v) is 3.54. The molecule has 1 aromatic heterocycles. The molecule has 0 bridgehead atoms. The molecule has 1 heterocycles. The summed E-state index contributed by atoms with van der Waals surface area (Å²) in [5, 5.41) is 15.1. The van der Waals surface area contributed by atoms with E-state index in [-0.39, 0.29) is 0 Å². The van der Waals surface area contributed by atoms with Crippen molar-refractivity contribution >= 4 is 11.3 Å². The Kier molecular flexibility index (Phi) is 4.11. The van der Waals surface area contributed by atoms with E-state index in [0.717, 1.165) is 13.0 Å². The molecule has 2 nitrogen and oxygen atoms in total. The SMILES string of the molecule is CCC(C)(O)CNCc1sccc1C. The zero-order valence-electron chi connectivity index (χ0n) is 9.13. The Labute approximate surface area is 90.0 Å².